The van der Waals surface area contributed by atoms with Gasteiger partial charge in [0.2, 0.25) is 0 Å². The highest BCUT2D eigenvalue weighted by Crippen LogP contribution is 2.35. The summed E-state index contributed by atoms with van der Waals surface area (Å²) in [5, 5.41) is 2.79. The van der Waals surface area contributed by atoms with Crippen molar-refractivity contribution >= 4 is 17.3 Å². The highest BCUT2D eigenvalue weighted by molar-refractivity contribution is 6.06. The second-order valence-corrected chi connectivity index (χ2v) is 4.56. The number of hydrogen-bond donors (Lipinski definition) is 2. The minimum Gasteiger partial charge on any atom is -0.493 e. The maximum atomic E-state index is 12.3. The number of rotatable bonds is 4. The Kier molecular flexibility index (Phi) is 4.33. The lowest BCUT2D eigenvalue weighted by Gasteiger charge is -2.14. The third-order valence-electron chi connectivity index (χ3n) is 3.19. The predicted octanol–water partition coefficient (Wildman–Crippen LogP) is 2.85. The molecule has 0 heterocycles. The van der Waals surface area contributed by atoms with Gasteiger partial charge in [0.15, 0.2) is 11.5 Å². The van der Waals surface area contributed by atoms with Crippen LogP contribution in [-0.2, 0) is 0 Å². The number of hydrogen-bond acceptors (Lipinski definition) is 4. The summed E-state index contributed by atoms with van der Waals surface area (Å²) in [6, 6.07) is 10.6. The van der Waals surface area contributed by atoms with Gasteiger partial charge in [0, 0.05) is 17.7 Å². The predicted molar refractivity (Wildman–Crippen MR) is 83.1 cm³/mol. The van der Waals surface area contributed by atoms with Gasteiger partial charge in [-0.3, -0.25) is 4.79 Å². The summed E-state index contributed by atoms with van der Waals surface area (Å²) in [5.41, 5.74) is 8.33. The van der Waals surface area contributed by atoms with Crippen molar-refractivity contribution in [2.75, 3.05) is 25.3 Å². The van der Waals surface area contributed by atoms with Gasteiger partial charge in [0.25, 0.3) is 5.91 Å². The van der Waals surface area contributed by atoms with Crippen molar-refractivity contribution in [3.8, 4) is 11.5 Å². The molecule has 0 aliphatic rings. The van der Waals surface area contributed by atoms with Crippen molar-refractivity contribution in [1.82, 2.24) is 0 Å². The van der Waals surface area contributed by atoms with Crippen LogP contribution in [0, 0.1) is 6.92 Å². The molecule has 0 atom stereocenters. The van der Waals surface area contributed by atoms with Gasteiger partial charge in [0.05, 0.1) is 25.6 Å². The maximum Gasteiger partial charge on any atom is 0.255 e. The molecule has 0 fully saturated rings. The van der Waals surface area contributed by atoms with Crippen LogP contribution in [0.4, 0.5) is 11.4 Å². The van der Waals surface area contributed by atoms with Crippen molar-refractivity contribution in [1.29, 1.82) is 0 Å². The number of anilines is 2. The van der Waals surface area contributed by atoms with E-state index < -0.39 is 0 Å². The van der Waals surface area contributed by atoms with E-state index in [0.29, 0.717) is 28.4 Å². The normalized spacial score (nSPS) is 10.0. The zero-order chi connectivity index (χ0) is 15.4. The van der Waals surface area contributed by atoms with Gasteiger partial charge in [-0.25, -0.2) is 0 Å². The SMILES string of the molecule is COc1cc(N)c(NC(=O)c2ccccc2C)cc1OC. The average molecular weight is 286 g/mol. The Hall–Kier alpha value is -2.69. The Morgan fingerprint density at radius 1 is 1.10 bits per heavy atom. The second-order valence-electron chi connectivity index (χ2n) is 4.56. The third-order valence-corrected chi connectivity index (χ3v) is 3.19. The van der Waals surface area contributed by atoms with Crippen molar-refractivity contribution < 1.29 is 14.3 Å². The smallest absolute Gasteiger partial charge is 0.255 e. The van der Waals surface area contributed by atoms with Gasteiger partial charge >= 0.3 is 0 Å². The highest BCUT2D eigenvalue weighted by atomic mass is 16.5. The molecule has 2 aromatic carbocycles. The summed E-state index contributed by atoms with van der Waals surface area (Å²) < 4.78 is 10.4. The van der Waals surface area contributed by atoms with Crippen LogP contribution in [0.2, 0.25) is 0 Å². The van der Waals surface area contributed by atoms with E-state index in [1.54, 1.807) is 18.2 Å². The standard InChI is InChI=1S/C16H18N2O3/c1-10-6-4-5-7-11(10)16(19)18-13-9-15(21-3)14(20-2)8-12(13)17/h4-9H,17H2,1-3H3,(H,18,19). The first-order valence-electron chi connectivity index (χ1n) is 6.45. The molecule has 21 heavy (non-hydrogen) atoms. The summed E-state index contributed by atoms with van der Waals surface area (Å²) in [5.74, 6) is 0.808. The van der Waals surface area contributed by atoms with Crippen molar-refractivity contribution in [3.63, 3.8) is 0 Å². The highest BCUT2D eigenvalue weighted by Gasteiger charge is 2.13. The summed E-state index contributed by atoms with van der Waals surface area (Å²) in [7, 11) is 3.06. The molecule has 0 aliphatic carbocycles. The van der Waals surface area contributed by atoms with Crippen LogP contribution in [0.1, 0.15) is 15.9 Å². The molecule has 2 rings (SSSR count). The molecule has 0 saturated heterocycles. The summed E-state index contributed by atoms with van der Waals surface area (Å²) in [6.45, 7) is 1.88. The third kappa shape index (κ3) is 3.08. The lowest BCUT2D eigenvalue weighted by Crippen LogP contribution is -2.14. The minimum atomic E-state index is -0.216. The van der Waals surface area contributed by atoms with Crippen molar-refractivity contribution in [2.24, 2.45) is 0 Å². The first-order chi connectivity index (χ1) is 10.1. The van der Waals surface area contributed by atoms with Crippen LogP contribution in [0.25, 0.3) is 0 Å². The molecule has 0 bridgehead atoms. The molecule has 0 spiro atoms. The van der Waals surface area contributed by atoms with E-state index in [0.717, 1.165) is 5.56 Å². The van der Waals surface area contributed by atoms with Gasteiger partial charge in [-0.05, 0) is 18.6 Å². The lowest BCUT2D eigenvalue weighted by atomic mass is 10.1. The number of nitrogen functional groups attached to an aromatic ring is 1. The number of amides is 1. The van der Waals surface area contributed by atoms with Crippen molar-refractivity contribution in [3.05, 3.63) is 47.5 Å². The van der Waals surface area contributed by atoms with Crippen LogP contribution >= 0.6 is 0 Å². The lowest BCUT2D eigenvalue weighted by molar-refractivity contribution is 0.102. The van der Waals surface area contributed by atoms with Crippen LogP contribution in [0.5, 0.6) is 11.5 Å². The summed E-state index contributed by atoms with van der Waals surface area (Å²) in [6.07, 6.45) is 0. The van der Waals surface area contributed by atoms with E-state index in [2.05, 4.69) is 5.32 Å². The fraction of sp³-hybridized carbons (Fsp3) is 0.188. The Balaban J connectivity index is 2.31. The topological polar surface area (TPSA) is 73.6 Å². The Morgan fingerprint density at radius 3 is 2.33 bits per heavy atom. The van der Waals surface area contributed by atoms with E-state index in [1.165, 1.54) is 14.2 Å². The first-order valence-corrected chi connectivity index (χ1v) is 6.45. The zero-order valence-corrected chi connectivity index (χ0v) is 12.3. The van der Waals surface area contributed by atoms with Gasteiger partial charge in [-0.15, -0.1) is 0 Å². The molecule has 0 saturated carbocycles. The Morgan fingerprint density at radius 2 is 1.71 bits per heavy atom. The van der Waals surface area contributed by atoms with Gasteiger partial charge in [-0.1, -0.05) is 18.2 Å². The van der Waals surface area contributed by atoms with E-state index in [9.17, 15) is 4.79 Å². The minimum absolute atomic E-state index is 0.216. The molecule has 0 aromatic heterocycles. The average Bonchev–Trinajstić information content (AvgIpc) is 2.49. The Labute approximate surface area is 123 Å². The van der Waals surface area contributed by atoms with E-state index >= 15 is 0 Å². The number of nitrogens with one attached hydrogen (secondary N) is 1. The molecule has 110 valence electrons. The number of methoxy groups -OCH3 is 2. The molecular formula is C16H18N2O3. The number of benzene rings is 2. The molecule has 1 amide bonds. The van der Waals surface area contributed by atoms with E-state index in [4.69, 9.17) is 15.2 Å². The van der Waals surface area contributed by atoms with Crippen molar-refractivity contribution in [2.45, 2.75) is 6.92 Å². The van der Waals surface area contributed by atoms with Crippen LogP contribution in [0.3, 0.4) is 0 Å². The molecule has 0 unspecified atom stereocenters. The number of carbonyl (C=O) groups excluding carboxylic acids is 1. The summed E-state index contributed by atoms with van der Waals surface area (Å²) >= 11 is 0. The summed E-state index contributed by atoms with van der Waals surface area (Å²) in [4.78, 5) is 12.3. The largest absolute Gasteiger partial charge is 0.493 e. The first kappa shape index (κ1) is 14.7. The molecule has 0 aliphatic heterocycles. The molecule has 5 nitrogen and oxygen atoms in total. The number of ether oxygens (including phenoxy) is 2. The van der Waals surface area contributed by atoms with Gasteiger partial charge in [-0.2, -0.15) is 0 Å². The quantitative estimate of drug-likeness (QED) is 0.848. The van der Waals surface area contributed by atoms with Gasteiger partial charge < -0.3 is 20.5 Å². The Bertz CT molecular complexity index is 669. The van der Waals surface area contributed by atoms with Crippen LogP contribution in [0.15, 0.2) is 36.4 Å². The van der Waals surface area contributed by atoms with Crippen LogP contribution < -0.4 is 20.5 Å². The van der Waals surface area contributed by atoms with Crippen LogP contribution in [-0.4, -0.2) is 20.1 Å². The maximum absolute atomic E-state index is 12.3. The molecule has 2 aromatic rings. The van der Waals surface area contributed by atoms with E-state index in [1.807, 2.05) is 25.1 Å². The fourth-order valence-corrected chi connectivity index (χ4v) is 2.02. The number of aryl methyl sites for hydroxylation is 1. The molecule has 0 radical (unpaired) electrons. The number of carbonyl (C=O) groups is 1. The number of nitrogens with two attached hydrogens (primary N) is 1. The second kappa shape index (κ2) is 6.17. The monoisotopic (exact) mass is 286 g/mol. The zero-order valence-electron chi connectivity index (χ0n) is 12.3. The molecule has 3 N–H and O–H groups in total. The van der Waals surface area contributed by atoms with E-state index in [-0.39, 0.29) is 5.91 Å². The van der Waals surface area contributed by atoms with Gasteiger partial charge in [0.1, 0.15) is 0 Å². The fourth-order valence-electron chi connectivity index (χ4n) is 2.02. The molecular weight excluding hydrogens is 268 g/mol. The molecule has 5 heteroatoms.